The molecule has 1 atom stereocenters. The molecule has 1 saturated heterocycles. The van der Waals surface area contributed by atoms with Crippen LogP contribution in [0.2, 0.25) is 0 Å². The van der Waals surface area contributed by atoms with Crippen LogP contribution in [0.15, 0.2) is 41.8 Å². The fraction of sp³-hybridized carbons (Fsp3) is 0.500. The molecule has 130 valence electrons. The van der Waals surface area contributed by atoms with Gasteiger partial charge in [0.1, 0.15) is 5.75 Å². The van der Waals surface area contributed by atoms with E-state index in [9.17, 15) is 0 Å². The first-order valence-corrected chi connectivity index (χ1v) is 9.83. The van der Waals surface area contributed by atoms with Gasteiger partial charge in [0.15, 0.2) is 0 Å². The number of hydrogen-bond acceptors (Lipinski definition) is 4. The Morgan fingerprint density at radius 2 is 2.04 bits per heavy atom. The fourth-order valence-electron chi connectivity index (χ4n) is 3.22. The fourth-order valence-corrected chi connectivity index (χ4v) is 4.00. The number of hydrogen-bond donors (Lipinski definition) is 1. The summed E-state index contributed by atoms with van der Waals surface area (Å²) in [5.41, 5.74) is 1.33. The highest BCUT2D eigenvalue weighted by atomic mass is 32.1. The number of ether oxygens (including phenoxy) is 1. The Hall–Kier alpha value is -1.36. The summed E-state index contributed by atoms with van der Waals surface area (Å²) in [6, 6.07) is 13.5. The summed E-state index contributed by atoms with van der Waals surface area (Å²) >= 11 is 1.82. The molecule has 1 fully saturated rings. The topological polar surface area (TPSA) is 24.5 Å². The number of piperidine rings is 1. The Morgan fingerprint density at radius 1 is 1.17 bits per heavy atom. The molecule has 1 aromatic heterocycles. The van der Waals surface area contributed by atoms with Gasteiger partial charge in [0, 0.05) is 24.0 Å². The van der Waals surface area contributed by atoms with Gasteiger partial charge in [0.2, 0.25) is 0 Å². The van der Waals surface area contributed by atoms with Crippen LogP contribution in [0.3, 0.4) is 0 Å². The predicted molar refractivity (Wildman–Crippen MR) is 102 cm³/mol. The molecule has 2 aromatic rings. The van der Waals surface area contributed by atoms with Crippen molar-refractivity contribution in [1.82, 2.24) is 10.2 Å². The lowest BCUT2D eigenvalue weighted by atomic mass is 10.0. The summed E-state index contributed by atoms with van der Waals surface area (Å²) in [6.07, 6.45) is 5.06. The Labute approximate surface area is 149 Å². The first-order chi connectivity index (χ1) is 11.8. The highest BCUT2D eigenvalue weighted by Crippen LogP contribution is 2.17. The van der Waals surface area contributed by atoms with Crippen molar-refractivity contribution < 1.29 is 4.74 Å². The van der Waals surface area contributed by atoms with E-state index in [2.05, 4.69) is 59.0 Å². The van der Waals surface area contributed by atoms with Gasteiger partial charge in [-0.3, -0.25) is 4.90 Å². The van der Waals surface area contributed by atoms with Crippen LogP contribution in [0.25, 0.3) is 0 Å². The maximum absolute atomic E-state index is 5.90. The van der Waals surface area contributed by atoms with Gasteiger partial charge in [-0.25, -0.2) is 0 Å². The molecule has 1 aromatic carbocycles. The molecular weight excluding hydrogens is 316 g/mol. The standard InChI is InChI=1S/C20H28N2OS/c1-22(16-20-6-4-14-24-20)15-17-7-9-19(10-8-17)23-13-11-18-5-2-3-12-21-18/h4,6-10,14,18,21H,2-3,5,11-13,15-16H2,1H3. The molecule has 3 nitrogen and oxygen atoms in total. The first kappa shape index (κ1) is 17.5. The van der Waals surface area contributed by atoms with E-state index in [1.54, 1.807) is 0 Å². The van der Waals surface area contributed by atoms with Gasteiger partial charge in [0.05, 0.1) is 6.61 Å². The zero-order valence-electron chi connectivity index (χ0n) is 14.5. The summed E-state index contributed by atoms with van der Waals surface area (Å²) in [5.74, 6) is 0.982. The lowest BCUT2D eigenvalue weighted by Crippen LogP contribution is -2.35. The average Bonchev–Trinajstić information content (AvgIpc) is 3.10. The van der Waals surface area contributed by atoms with Crippen LogP contribution in [-0.2, 0) is 13.1 Å². The number of thiophene rings is 1. The second-order valence-corrected chi connectivity index (χ2v) is 7.71. The molecule has 2 heterocycles. The second-order valence-electron chi connectivity index (χ2n) is 6.68. The van der Waals surface area contributed by atoms with Crippen LogP contribution < -0.4 is 10.1 Å². The number of benzene rings is 1. The lowest BCUT2D eigenvalue weighted by molar-refractivity contribution is 0.268. The molecule has 0 spiro atoms. The van der Waals surface area contributed by atoms with Crippen molar-refractivity contribution in [3.63, 3.8) is 0 Å². The van der Waals surface area contributed by atoms with E-state index >= 15 is 0 Å². The van der Waals surface area contributed by atoms with Gasteiger partial charge in [0.25, 0.3) is 0 Å². The molecule has 0 amide bonds. The third-order valence-corrected chi connectivity index (χ3v) is 5.39. The van der Waals surface area contributed by atoms with E-state index in [0.29, 0.717) is 6.04 Å². The minimum absolute atomic E-state index is 0.643. The zero-order chi connectivity index (χ0) is 16.6. The lowest BCUT2D eigenvalue weighted by Gasteiger charge is -2.23. The van der Waals surface area contributed by atoms with E-state index in [1.807, 2.05) is 11.3 Å². The molecule has 24 heavy (non-hydrogen) atoms. The number of rotatable bonds is 8. The van der Waals surface area contributed by atoms with E-state index < -0.39 is 0 Å². The monoisotopic (exact) mass is 344 g/mol. The molecule has 1 aliphatic heterocycles. The normalized spacial score (nSPS) is 18.0. The minimum Gasteiger partial charge on any atom is -0.494 e. The number of nitrogens with one attached hydrogen (secondary N) is 1. The van der Waals surface area contributed by atoms with Crippen molar-refractivity contribution >= 4 is 11.3 Å². The highest BCUT2D eigenvalue weighted by Gasteiger charge is 2.12. The van der Waals surface area contributed by atoms with Crippen molar-refractivity contribution in [2.75, 3.05) is 20.2 Å². The molecule has 1 unspecified atom stereocenters. The summed E-state index contributed by atoms with van der Waals surface area (Å²) in [5, 5.41) is 5.71. The van der Waals surface area contributed by atoms with E-state index in [-0.39, 0.29) is 0 Å². The smallest absolute Gasteiger partial charge is 0.119 e. The van der Waals surface area contributed by atoms with Gasteiger partial charge >= 0.3 is 0 Å². The van der Waals surface area contributed by atoms with Gasteiger partial charge in [-0.15, -0.1) is 11.3 Å². The Balaban J connectivity index is 1.39. The molecule has 0 aliphatic carbocycles. The van der Waals surface area contributed by atoms with Crippen LogP contribution in [0.5, 0.6) is 5.75 Å². The van der Waals surface area contributed by atoms with Gasteiger partial charge in [-0.2, -0.15) is 0 Å². The Bertz CT molecular complexity index is 576. The maximum atomic E-state index is 5.90. The third-order valence-electron chi connectivity index (χ3n) is 4.53. The summed E-state index contributed by atoms with van der Waals surface area (Å²) in [4.78, 5) is 3.75. The Kier molecular flexibility index (Phi) is 6.70. The molecule has 4 heteroatoms. The van der Waals surface area contributed by atoms with Crippen LogP contribution in [0.4, 0.5) is 0 Å². The molecule has 1 N–H and O–H groups in total. The van der Waals surface area contributed by atoms with Crippen molar-refractivity contribution in [2.24, 2.45) is 0 Å². The van der Waals surface area contributed by atoms with Crippen LogP contribution in [-0.4, -0.2) is 31.1 Å². The molecule has 0 saturated carbocycles. The Morgan fingerprint density at radius 3 is 2.75 bits per heavy atom. The van der Waals surface area contributed by atoms with Crippen molar-refractivity contribution in [2.45, 2.75) is 44.8 Å². The van der Waals surface area contributed by atoms with Gasteiger partial charge in [-0.1, -0.05) is 24.6 Å². The zero-order valence-corrected chi connectivity index (χ0v) is 15.4. The minimum atomic E-state index is 0.643. The second kappa shape index (κ2) is 9.21. The van der Waals surface area contributed by atoms with E-state index in [4.69, 9.17) is 4.74 Å². The van der Waals surface area contributed by atoms with Crippen LogP contribution >= 0.6 is 11.3 Å². The van der Waals surface area contributed by atoms with Crippen molar-refractivity contribution in [3.05, 3.63) is 52.2 Å². The third kappa shape index (κ3) is 5.62. The molecule has 1 aliphatic rings. The van der Waals surface area contributed by atoms with Crippen LogP contribution in [0, 0.1) is 0 Å². The number of nitrogens with zero attached hydrogens (tertiary/aromatic N) is 1. The maximum Gasteiger partial charge on any atom is 0.119 e. The SMILES string of the molecule is CN(Cc1ccc(OCCC2CCCCN2)cc1)Cc1cccs1. The quantitative estimate of drug-likeness (QED) is 0.773. The summed E-state index contributed by atoms with van der Waals surface area (Å²) in [7, 11) is 2.17. The average molecular weight is 345 g/mol. The molecule has 0 bridgehead atoms. The summed E-state index contributed by atoms with van der Waals surface area (Å²) < 4.78 is 5.90. The van der Waals surface area contributed by atoms with Gasteiger partial charge in [-0.05, 0) is 62.0 Å². The van der Waals surface area contributed by atoms with Gasteiger partial charge < -0.3 is 10.1 Å². The van der Waals surface area contributed by atoms with Crippen LogP contribution in [0.1, 0.15) is 36.1 Å². The molecule has 0 radical (unpaired) electrons. The van der Waals surface area contributed by atoms with Crippen molar-refractivity contribution in [1.29, 1.82) is 0 Å². The molecule has 3 rings (SSSR count). The first-order valence-electron chi connectivity index (χ1n) is 8.95. The van der Waals surface area contributed by atoms with E-state index in [0.717, 1.165) is 31.9 Å². The molecular formula is C20H28N2OS. The predicted octanol–water partition coefficient (Wildman–Crippen LogP) is 4.29. The highest BCUT2D eigenvalue weighted by molar-refractivity contribution is 7.09. The summed E-state index contributed by atoms with van der Waals surface area (Å²) in [6.45, 7) is 3.93. The van der Waals surface area contributed by atoms with Crippen molar-refractivity contribution in [3.8, 4) is 5.75 Å². The van der Waals surface area contributed by atoms with E-state index in [1.165, 1.54) is 36.2 Å². The largest absolute Gasteiger partial charge is 0.494 e.